The molecule has 3 rings (SSSR count). The smallest absolute Gasteiger partial charge is 0.257 e. The van der Waals surface area contributed by atoms with Gasteiger partial charge in [-0.05, 0) is 25.3 Å². The Morgan fingerprint density at radius 2 is 1.87 bits per heavy atom. The van der Waals surface area contributed by atoms with Gasteiger partial charge in [0.15, 0.2) is 0 Å². The fourth-order valence-electron chi connectivity index (χ4n) is 3.42. The lowest BCUT2D eigenvalue weighted by molar-refractivity contribution is 0.0682. The molecular weight excluding hydrogens is 290 g/mol. The van der Waals surface area contributed by atoms with Crippen molar-refractivity contribution in [1.82, 2.24) is 19.8 Å². The summed E-state index contributed by atoms with van der Waals surface area (Å²) in [4.78, 5) is 28.0. The zero-order valence-corrected chi connectivity index (χ0v) is 14.2. The lowest BCUT2D eigenvalue weighted by atomic mass is 10.00. The van der Waals surface area contributed by atoms with E-state index >= 15 is 0 Å². The summed E-state index contributed by atoms with van der Waals surface area (Å²) in [7, 11) is 0. The number of aromatic nitrogens is 2. The molecule has 126 valence electrons. The van der Waals surface area contributed by atoms with Crippen molar-refractivity contribution >= 4 is 11.9 Å². The van der Waals surface area contributed by atoms with Crippen LogP contribution in [0, 0.1) is 5.92 Å². The van der Waals surface area contributed by atoms with Crippen molar-refractivity contribution in [2.45, 2.75) is 26.7 Å². The molecule has 3 heterocycles. The molecule has 0 N–H and O–H groups in total. The number of anilines is 1. The third-order valence-corrected chi connectivity index (χ3v) is 4.93. The van der Waals surface area contributed by atoms with Gasteiger partial charge < -0.3 is 14.7 Å². The van der Waals surface area contributed by atoms with Crippen molar-refractivity contribution in [1.29, 1.82) is 0 Å². The number of likely N-dealkylation sites (tertiary alicyclic amines) is 1. The number of amides is 1. The number of hydrogen-bond donors (Lipinski definition) is 0. The van der Waals surface area contributed by atoms with Gasteiger partial charge in [-0.1, -0.05) is 13.8 Å². The molecule has 1 amide bonds. The maximum absolute atomic E-state index is 12.5. The second-order valence-electron chi connectivity index (χ2n) is 6.69. The van der Waals surface area contributed by atoms with E-state index in [-0.39, 0.29) is 5.91 Å². The number of carbonyl (C=O) groups is 1. The summed E-state index contributed by atoms with van der Waals surface area (Å²) < 4.78 is 0. The van der Waals surface area contributed by atoms with Gasteiger partial charge in [0.05, 0.1) is 5.56 Å². The standard InChI is InChI=1S/C17H27N5O/c1-3-20-7-9-21(10-8-20)17-18-11-15(12-19-17)16(23)22-6-4-5-14(2)13-22/h11-12,14H,3-10,13H2,1-2H3. The summed E-state index contributed by atoms with van der Waals surface area (Å²) in [5.74, 6) is 1.39. The van der Waals surface area contributed by atoms with Crippen LogP contribution in [0.4, 0.5) is 5.95 Å². The number of piperazine rings is 1. The first-order valence-corrected chi connectivity index (χ1v) is 8.76. The van der Waals surface area contributed by atoms with Crippen LogP contribution < -0.4 is 4.90 Å². The number of hydrogen-bond acceptors (Lipinski definition) is 5. The van der Waals surface area contributed by atoms with Gasteiger partial charge in [-0.25, -0.2) is 9.97 Å². The number of nitrogens with zero attached hydrogens (tertiary/aromatic N) is 5. The van der Waals surface area contributed by atoms with Gasteiger partial charge in [0.2, 0.25) is 5.95 Å². The van der Waals surface area contributed by atoms with Gasteiger partial charge in [0.25, 0.3) is 5.91 Å². The van der Waals surface area contributed by atoms with Crippen molar-refractivity contribution in [2.75, 3.05) is 50.7 Å². The fourth-order valence-corrected chi connectivity index (χ4v) is 3.42. The van der Waals surface area contributed by atoms with Crippen LogP contribution in [0.25, 0.3) is 0 Å². The van der Waals surface area contributed by atoms with Crippen LogP contribution in [-0.4, -0.2) is 71.5 Å². The van der Waals surface area contributed by atoms with E-state index in [0.717, 1.165) is 58.2 Å². The first kappa shape index (κ1) is 16.2. The first-order valence-electron chi connectivity index (χ1n) is 8.76. The fraction of sp³-hybridized carbons (Fsp3) is 0.706. The molecule has 6 nitrogen and oxygen atoms in total. The van der Waals surface area contributed by atoms with Crippen LogP contribution in [0.3, 0.4) is 0 Å². The summed E-state index contributed by atoms with van der Waals surface area (Å²) >= 11 is 0. The average Bonchev–Trinajstić information content (AvgIpc) is 2.61. The molecule has 0 spiro atoms. The van der Waals surface area contributed by atoms with Crippen LogP contribution in [0.5, 0.6) is 0 Å². The molecule has 0 bridgehead atoms. The summed E-state index contributed by atoms with van der Waals surface area (Å²) in [6.45, 7) is 11.2. The summed E-state index contributed by atoms with van der Waals surface area (Å²) in [6, 6.07) is 0. The molecule has 2 fully saturated rings. The third-order valence-electron chi connectivity index (χ3n) is 4.93. The molecule has 1 unspecified atom stereocenters. The summed E-state index contributed by atoms with van der Waals surface area (Å²) in [5.41, 5.74) is 0.607. The molecule has 1 aromatic rings. The molecule has 0 saturated carbocycles. The molecule has 2 aliphatic rings. The van der Waals surface area contributed by atoms with E-state index in [1.165, 1.54) is 6.42 Å². The van der Waals surface area contributed by atoms with E-state index < -0.39 is 0 Å². The molecule has 23 heavy (non-hydrogen) atoms. The molecular formula is C17H27N5O. The molecule has 0 radical (unpaired) electrons. The zero-order chi connectivity index (χ0) is 16.2. The highest BCUT2D eigenvalue weighted by Crippen LogP contribution is 2.18. The lowest BCUT2D eigenvalue weighted by Gasteiger charge is -2.34. The van der Waals surface area contributed by atoms with Crippen LogP contribution in [-0.2, 0) is 0 Å². The molecule has 0 aliphatic carbocycles. The maximum atomic E-state index is 12.5. The molecule has 0 aromatic carbocycles. The Morgan fingerprint density at radius 3 is 2.48 bits per heavy atom. The number of carbonyl (C=O) groups excluding carboxylic acids is 1. The predicted molar refractivity (Wildman–Crippen MR) is 90.7 cm³/mol. The Kier molecular flexibility index (Phi) is 5.10. The van der Waals surface area contributed by atoms with Gasteiger partial charge in [-0.15, -0.1) is 0 Å². The Balaban J connectivity index is 1.62. The average molecular weight is 317 g/mol. The maximum Gasteiger partial charge on any atom is 0.257 e. The van der Waals surface area contributed by atoms with Crippen molar-refractivity contribution in [3.63, 3.8) is 0 Å². The number of piperidine rings is 1. The molecule has 1 atom stereocenters. The highest BCUT2D eigenvalue weighted by molar-refractivity contribution is 5.93. The SMILES string of the molecule is CCN1CCN(c2ncc(C(=O)N3CCCC(C)C3)cn2)CC1. The second kappa shape index (κ2) is 7.25. The number of rotatable bonds is 3. The van der Waals surface area contributed by atoms with E-state index in [9.17, 15) is 4.79 Å². The lowest BCUT2D eigenvalue weighted by Crippen LogP contribution is -2.46. The Bertz CT molecular complexity index is 524. The Labute approximate surface area is 138 Å². The van der Waals surface area contributed by atoms with Crippen LogP contribution >= 0.6 is 0 Å². The zero-order valence-electron chi connectivity index (χ0n) is 14.2. The van der Waals surface area contributed by atoms with E-state index in [4.69, 9.17) is 0 Å². The van der Waals surface area contributed by atoms with Gasteiger partial charge in [0.1, 0.15) is 0 Å². The summed E-state index contributed by atoms with van der Waals surface area (Å²) in [6.07, 6.45) is 5.68. The van der Waals surface area contributed by atoms with Crippen LogP contribution in [0.2, 0.25) is 0 Å². The van der Waals surface area contributed by atoms with Crippen molar-refractivity contribution < 1.29 is 4.79 Å². The monoisotopic (exact) mass is 317 g/mol. The quantitative estimate of drug-likeness (QED) is 0.845. The van der Waals surface area contributed by atoms with Crippen LogP contribution in [0.15, 0.2) is 12.4 Å². The van der Waals surface area contributed by atoms with Crippen molar-refractivity contribution in [3.05, 3.63) is 18.0 Å². The molecule has 2 aliphatic heterocycles. The third kappa shape index (κ3) is 3.80. The minimum atomic E-state index is 0.0684. The summed E-state index contributed by atoms with van der Waals surface area (Å²) in [5, 5.41) is 0. The molecule has 2 saturated heterocycles. The molecule has 1 aromatic heterocycles. The largest absolute Gasteiger partial charge is 0.338 e. The van der Waals surface area contributed by atoms with Gasteiger partial charge >= 0.3 is 0 Å². The van der Waals surface area contributed by atoms with Gasteiger partial charge in [0, 0.05) is 51.7 Å². The normalized spacial score (nSPS) is 23.1. The Hall–Kier alpha value is -1.69. The van der Waals surface area contributed by atoms with Gasteiger partial charge in [-0.3, -0.25) is 4.79 Å². The minimum absolute atomic E-state index is 0.0684. The topological polar surface area (TPSA) is 52.6 Å². The highest BCUT2D eigenvalue weighted by Gasteiger charge is 2.23. The minimum Gasteiger partial charge on any atom is -0.338 e. The van der Waals surface area contributed by atoms with E-state index in [0.29, 0.717) is 11.5 Å². The Morgan fingerprint density at radius 1 is 1.17 bits per heavy atom. The predicted octanol–water partition coefficient (Wildman–Crippen LogP) is 1.49. The van der Waals surface area contributed by atoms with Crippen molar-refractivity contribution in [2.24, 2.45) is 5.92 Å². The van der Waals surface area contributed by atoms with Crippen molar-refractivity contribution in [3.8, 4) is 0 Å². The van der Waals surface area contributed by atoms with Crippen LogP contribution in [0.1, 0.15) is 37.0 Å². The first-order chi connectivity index (χ1) is 11.2. The highest BCUT2D eigenvalue weighted by atomic mass is 16.2. The number of likely N-dealkylation sites (N-methyl/N-ethyl adjacent to an activating group) is 1. The second-order valence-corrected chi connectivity index (χ2v) is 6.69. The van der Waals surface area contributed by atoms with E-state index in [1.807, 2.05) is 4.90 Å². The van der Waals surface area contributed by atoms with Gasteiger partial charge in [-0.2, -0.15) is 0 Å². The van der Waals surface area contributed by atoms with E-state index in [1.54, 1.807) is 12.4 Å². The van der Waals surface area contributed by atoms with E-state index in [2.05, 4.69) is 33.6 Å². The molecule has 6 heteroatoms.